The van der Waals surface area contributed by atoms with Gasteiger partial charge in [-0.25, -0.2) is 0 Å². The average Bonchev–Trinajstić information content (AvgIpc) is 3.00. The van der Waals surface area contributed by atoms with Gasteiger partial charge in [0.25, 0.3) is 5.91 Å². The number of likely N-dealkylation sites (N-methyl/N-ethyl adjacent to an activating group) is 1. The molecule has 11 nitrogen and oxygen atoms in total. The molecule has 0 saturated heterocycles. The summed E-state index contributed by atoms with van der Waals surface area (Å²) < 4.78 is 40.0. The number of quaternary nitrogens is 1. The molecular formula is C31H42F3N8O3S+. The summed E-state index contributed by atoms with van der Waals surface area (Å²) in [6.07, 6.45) is -3.19. The zero-order chi connectivity index (χ0) is 33.9. The van der Waals surface area contributed by atoms with Gasteiger partial charge in [0.2, 0.25) is 11.8 Å². The number of rotatable bonds is 16. The second-order valence-electron chi connectivity index (χ2n) is 11.3. The highest BCUT2D eigenvalue weighted by atomic mass is 32.2. The maximum atomic E-state index is 13.7. The Balaban J connectivity index is 1.85. The van der Waals surface area contributed by atoms with E-state index in [-0.39, 0.29) is 6.42 Å². The third kappa shape index (κ3) is 10.9. The summed E-state index contributed by atoms with van der Waals surface area (Å²) in [4.78, 5) is 44.1. The quantitative estimate of drug-likeness (QED) is 0.0993. The van der Waals surface area contributed by atoms with Crippen molar-refractivity contribution < 1.29 is 32.0 Å². The molecule has 0 radical (unpaired) electrons. The molecule has 1 heterocycles. The van der Waals surface area contributed by atoms with Crippen molar-refractivity contribution >= 4 is 46.1 Å². The standard InChI is InChI=1S/C31H41F3N8O3S/c1-20(37)27(43)41-30(46-16-15-42(2,13-11-35)14-12-36)29(45)40-26(17-21-7-9-23(10-8-21)31(32,33)34)28(44)39-24-18-22-5-3-4-6-25(22)38-19-24/h3-10,18-20,26,30H,11-17,35-37H2,1-2H3,(H2-,39,40,41,43,44,45)/p+1/t20-,26+,30?/m0/s1. The summed E-state index contributed by atoms with van der Waals surface area (Å²) in [7, 11) is 2.00. The summed E-state index contributed by atoms with van der Waals surface area (Å²) in [6, 6.07) is 11.2. The molecule has 0 spiro atoms. The van der Waals surface area contributed by atoms with E-state index in [9.17, 15) is 27.6 Å². The lowest BCUT2D eigenvalue weighted by atomic mass is 10.0. The van der Waals surface area contributed by atoms with Crippen LogP contribution in [0.5, 0.6) is 0 Å². The van der Waals surface area contributed by atoms with Crippen molar-refractivity contribution in [3.8, 4) is 0 Å². The van der Waals surface area contributed by atoms with Crippen LogP contribution in [0, 0.1) is 0 Å². The lowest BCUT2D eigenvalue weighted by molar-refractivity contribution is -0.904. The van der Waals surface area contributed by atoms with Crippen LogP contribution in [0.15, 0.2) is 60.8 Å². The molecule has 0 aliphatic carbocycles. The highest BCUT2D eigenvalue weighted by Gasteiger charge is 2.32. The van der Waals surface area contributed by atoms with Crippen molar-refractivity contribution in [2.45, 2.75) is 37.0 Å². The fourth-order valence-electron chi connectivity index (χ4n) is 4.68. The van der Waals surface area contributed by atoms with Gasteiger partial charge >= 0.3 is 6.18 Å². The molecule has 0 bridgehead atoms. The number of aromatic nitrogens is 1. The Kier molecular flexibility index (Phi) is 13.3. The SMILES string of the molecule is C[C@H](N)C(=O)NC(SCC[N+](C)(CCN)CCN)C(=O)N[C@H](Cc1ccc(C(F)(F)F)cc1)C(=O)Nc1cnc2ccccc2c1. The zero-order valence-corrected chi connectivity index (χ0v) is 26.7. The second-order valence-corrected chi connectivity index (χ2v) is 12.5. The van der Waals surface area contributed by atoms with Gasteiger partial charge in [0, 0.05) is 30.6 Å². The Bertz CT molecular complexity index is 1470. The highest BCUT2D eigenvalue weighted by molar-refractivity contribution is 8.00. The molecule has 1 unspecified atom stereocenters. The van der Waals surface area contributed by atoms with Gasteiger partial charge in [0.05, 0.1) is 55.7 Å². The smallest absolute Gasteiger partial charge is 0.341 e. The van der Waals surface area contributed by atoms with Crippen LogP contribution in [-0.4, -0.2) is 90.2 Å². The Morgan fingerprint density at radius 3 is 2.20 bits per heavy atom. The number of halogens is 3. The number of nitrogens with zero attached hydrogens (tertiary/aromatic N) is 2. The topological polar surface area (TPSA) is 178 Å². The van der Waals surface area contributed by atoms with Crippen LogP contribution < -0.4 is 33.2 Å². The van der Waals surface area contributed by atoms with Crippen LogP contribution >= 0.6 is 11.8 Å². The predicted octanol–water partition coefficient (Wildman–Crippen LogP) is 1.81. The van der Waals surface area contributed by atoms with Crippen molar-refractivity contribution in [2.75, 3.05) is 50.8 Å². The molecule has 3 rings (SSSR count). The molecule has 3 amide bonds. The summed E-state index contributed by atoms with van der Waals surface area (Å²) in [5.41, 5.74) is 17.9. The number of nitrogens with two attached hydrogens (primary N) is 3. The number of carbonyl (C=O) groups excluding carboxylic acids is 3. The maximum Gasteiger partial charge on any atom is 0.416 e. The van der Waals surface area contributed by atoms with Crippen LogP contribution in [0.4, 0.5) is 18.9 Å². The largest absolute Gasteiger partial charge is 0.416 e. The van der Waals surface area contributed by atoms with Crippen LogP contribution in [0.25, 0.3) is 10.9 Å². The van der Waals surface area contributed by atoms with Crippen LogP contribution in [-0.2, 0) is 27.0 Å². The minimum atomic E-state index is -4.53. The second kappa shape index (κ2) is 16.7. The number of amides is 3. The van der Waals surface area contributed by atoms with E-state index in [1.165, 1.54) is 25.3 Å². The van der Waals surface area contributed by atoms with Gasteiger partial charge in [-0.1, -0.05) is 30.3 Å². The minimum absolute atomic E-state index is 0.128. The lowest BCUT2D eigenvalue weighted by Gasteiger charge is -2.34. The molecule has 2 aromatic carbocycles. The van der Waals surface area contributed by atoms with Crippen molar-refractivity contribution in [1.29, 1.82) is 0 Å². The van der Waals surface area contributed by atoms with Crippen molar-refractivity contribution in [2.24, 2.45) is 17.2 Å². The summed E-state index contributed by atoms with van der Waals surface area (Å²) in [5.74, 6) is -1.43. The van der Waals surface area contributed by atoms with Crippen LogP contribution in [0.3, 0.4) is 0 Å². The van der Waals surface area contributed by atoms with E-state index < -0.39 is 46.9 Å². The lowest BCUT2D eigenvalue weighted by Crippen LogP contribution is -2.55. The fourth-order valence-corrected chi connectivity index (χ4v) is 5.89. The van der Waals surface area contributed by atoms with Crippen LogP contribution in [0.2, 0.25) is 0 Å². The normalized spacial score (nSPS) is 13.9. The number of nitrogens with one attached hydrogen (secondary N) is 3. The molecule has 46 heavy (non-hydrogen) atoms. The zero-order valence-electron chi connectivity index (χ0n) is 25.8. The minimum Gasteiger partial charge on any atom is -0.341 e. The number of benzene rings is 2. The summed E-state index contributed by atoms with van der Waals surface area (Å²) >= 11 is 1.16. The van der Waals surface area contributed by atoms with Gasteiger partial charge in [-0.15, -0.1) is 11.8 Å². The first-order valence-corrected chi connectivity index (χ1v) is 15.8. The van der Waals surface area contributed by atoms with Gasteiger partial charge in [-0.05, 0) is 36.8 Å². The molecule has 0 fully saturated rings. The van der Waals surface area contributed by atoms with Crippen LogP contribution in [0.1, 0.15) is 18.1 Å². The van der Waals surface area contributed by atoms with Gasteiger partial charge in [-0.3, -0.25) is 19.4 Å². The number of alkyl halides is 3. The molecule has 0 saturated carbocycles. The third-order valence-corrected chi connectivity index (χ3v) is 8.47. The van der Waals surface area contributed by atoms with Crippen molar-refractivity contribution in [3.63, 3.8) is 0 Å². The fraction of sp³-hybridized carbons (Fsp3) is 0.419. The highest BCUT2D eigenvalue weighted by Crippen LogP contribution is 2.29. The van der Waals surface area contributed by atoms with Crippen molar-refractivity contribution in [1.82, 2.24) is 15.6 Å². The van der Waals surface area contributed by atoms with E-state index in [0.29, 0.717) is 59.7 Å². The van der Waals surface area contributed by atoms with Crippen molar-refractivity contribution in [3.05, 3.63) is 71.9 Å². The van der Waals surface area contributed by atoms with E-state index >= 15 is 0 Å². The van der Waals surface area contributed by atoms with E-state index in [1.807, 2.05) is 31.3 Å². The molecule has 0 aliphatic heterocycles. The van der Waals surface area contributed by atoms with Gasteiger partial charge in [0.1, 0.15) is 6.04 Å². The Labute approximate surface area is 270 Å². The molecule has 3 aromatic rings. The Hall–Kier alpha value is -3.76. The van der Waals surface area contributed by atoms with E-state index in [1.54, 1.807) is 6.07 Å². The number of hydrogen-bond donors (Lipinski definition) is 6. The van der Waals surface area contributed by atoms with Gasteiger partial charge in [0.15, 0.2) is 5.37 Å². The van der Waals surface area contributed by atoms with E-state index in [2.05, 4.69) is 20.9 Å². The molecular weight excluding hydrogens is 621 g/mol. The third-order valence-electron chi connectivity index (χ3n) is 7.39. The molecule has 1 aromatic heterocycles. The first kappa shape index (κ1) is 36.7. The summed E-state index contributed by atoms with van der Waals surface area (Å²) in [5, 5.41) is 7.73. The first-order chi connectivity index (χ1) is 21.7. The number of para-hydroxylation sites is 1. The number of pyridine rings is 1. The molecule has 15 heteroatoms. The predicted molar refractivity (Wildman–Crippen MR) is 174 cm³/mol. The number of thioether (sulfide) groups is 1. The Morgan fingerprint density at radius 2 is 1.59 bits per heavy atom. The van der Waals surface area contributed by atoms with E-state index in [0.717, 1.165) is 29.3 Å². The van der Waals surface area contributed by atoms with Gasteiger partial charge in [-0.2, -0.15) is 13.2 Å². The van der Waals surface area contributed by atoms with Gasteiger partial charge < -0.3 is 37.6 Å². The number of anilines is 1. The number of carbonyl (C=O) groups is 3. The summed E-state index contributed by atoms with van der Waals surface area (Å²) in [6.45, 7) is 4.30. The van der Waals surface area contributed by atoms with E-state index in [4.69, 9.17) is 17.2 Å². The number of hydrogen-bond acceptors (Lipinski definition) is 8. The molecule has 0 aliphatic rings. The molecule has 3 atom stereocenters. The molecule has 9 N–H and O–H groups in total. The first-order valence-electron chi connectivity index (χ1n) is 14.8. The Morgan fingerprint density at radius 1 is 0.935 bits per heavy atom. The molecule has 250 valence electrons. The maximum absolute atomic E-state index is 13.7. The number of fused-ring (bicyclic) bond motifs is 1. The monoisotopic (exact) mass is 663 g/mol. The average molecular weight is 664 g/mol.